The van der Waals surface area contributed by atoms with Crippen LogP contribution >= 0.6 is 0 Å². The Hall–Kier alpha value is -7.48. The van der Waals surface area contributed by atoms with Crippen molar-refractivity contribution in [3.8, 4) is 44.5 Å². The molecule has 3 aliphatic carbocycles. The third-order valence-electron chi connectivity index (χ3n) is 15.7. The van der Waals surface area contributed by atoms with E-state index in [1.54, 1.807) is 0 Å². The fourth-order valence-electron chi connectivity index (χ4n) is 12.4. The average molecular weight is 846 g/mol. The standard InChI is InChI=1S/C65H51N/c1-63(2)36-37-64(3,4)60-38-45(32-35-58(60)63)53-40-54-51-25-14-17-29-57(51)65(55-27-15-12-23-49(55)50-24-13-16-28-56(50)65)59(54)41-62(53)66(46-33-30-43(31-34-46)42-18-6-5-7-19-42)61-39-44-20-8-9-21-47(44)48-22-10-11-26-52(48)61/h5-35,38-41H,36-37H2,1-4H3. The molecule has 13 rings (SSSR count). The second-order valence-electron chi connectivity index (χ2n) is 20.2. The minimum atomic E-state index is -0.497. The second kappa shape index (κ2) is 14.3. The molecule has 316 valence electrons. The summed E-state index contributed by atoms with van der Waals surface area (Å²) in [5.74, 6) is 0. The molecule has 0 amide bonds. The Morgan fingerprint density at radius 3 is 1.50 bits per heavy atom. The molecule has 0 bridgehead atoms. The van der Waals surface area contributed by atoms with Crippen LogP contribution in [0.2, 0.25) is 0 Å². The summed E-state index contributed by atoms with van der Waals surface area (Å²) in [4.78, 5) is 2.59. The smallest absolute Gasteiger partial charge is 0.0726 e. The fraction of sp³-hybridized carbons (Fsp3) is 0.138. The number of fused-ring (bicyclic) bond motifs is 14. The Balaban J connectivity index is 1.18. The molecule has 1 nitrogen and oxygen atoms in total. The second-order valence-corrected chi connectivity index (χ2v) is 20.2. The molecular formula is C65H51N. The maximum Gasteiger partial charge on any atom is 0.0726 e. The van der Waals surface area contributed by atoms with Crippen molar-refractivity contribution in [1.29, 1.82) is 0 Å². The Labute approximate surface area is 388 Å². The van der Waals surface area contributed by atoms with Gasteiger partial charge >= 0.3 is 0 Å². The van der Waals surface area contributed by atoms with E-state index in [2.05, 4.69) is 245 Å². The average Bonchev–Trinajstić information content (AvgIpc) is 3.82. The molecule has 0 saturated heterocycles. The van der Waals surface area contributed by atoms with Crippen molar-refractivity contribution in [2.24, 2.45) is 0 Å². The monoisotopic (exact) mass is 845 g/mol. The number of hydrogen-bond acceptors (Lipinski definition) is 1. The van der Waals surface area contributed by atoms with Gasteiger partial charge in [0.15, 0.2) is 0 Å². The molecular weight excluding hydrogens is 795 g/mol. The van der Waals surface area contributed by atoms with E-state index >= 15 is 0 Å². The van der Waals surface area contributed by atoms with E-state index in [0.29, 0.717) is 0 Å². The van der Waals surface area contributed by atoms with E-state index in [9.17, 15) is 0 Å². The van der Waals surface area contributed by atoms with Crippen LogP contribution in [0, 0.1) is 0 Å². The van der Waals surface area contributed by atoms with Crippen LogP contribution in [0.3, 0.4) is 0 Å². The predicted octanol–water partition coefficient (Wildman–Crippen LogP) is 17.5. The quantitative estimate of drug-likeness (QED) is 0.156. The molecule has 0 aliphatic heterocycles. The summed E-state index contributed by atoms with van der Waals surface area (Å²) in [6, 6.07) is 80.5. The van der Waals surface area contributed by atoms with Gasteiger partial charge in [0.05, 0.1) is 16.8 Å². The normalized spacial score (nSPS) is 15.5. The van der Waals surface area contributed by atoms with Crippen LogP contribution in [0.5, 0.6) is 0 Å². The molecule has 3 aliphatic rings. The van der Waals surface area contributed by atoms with Gasteiger partial charge in [-0.25, -0.2) is 0 Å². The lowest BCUT2D eigenvalue weighted by Gasteiger charge is -2.42. The van der Waals surface area contributed by atoms with Gasteiger partial charge in [-0.15, -0.1) is 0 Å². The lowest BCUT2D eigenvalue weighted by molar-refractivity contribution is 0.332. The molecule has 0 N–H and O–H groups in total. The van der Waals surface area contributed by atoms with Gasteiger partial charge in [0, 0.05) is 16.6 Å². The van der Waals surface area contributed by atoms with Crippen LogP contribution in [-0.2, 0) is 16.2 Å². The molecule has 10 aromatic carbocycles. The van der Waals surface area contributed by atoms with Gasteiger partial charge in [-0.2, -0.15) is 0 Å². The SMILES string of the molecule is CC1(C)CCC(C)(C)c2cc(-c3cc4c(cc3N(c3ccc(-c5ccccc5)cc3)c3cc5ccccc5c5ccccc35)C3(c5ccccc5-c5ccccc53)c3ccccc3-4)ccc21. The molecule has 0 atom stereocenters. The summed E-state index contributed by atoms with van der Waals surface area (Å²) in [6.45, 7) is 9.76. The zero-order valence-electron chi connectivity index (χ0n) is 38.1. The van der Waals surface area contributed by atoms with Crippen molar-refractivity contribution in [1.82, 2.24) is 0 Å². The molecule has 10 aromatic rings. The molecule has 0 aromatic heterocycles. The Kier molecular flexibility index (Phi) is 8.41. The maximum atomic E-state index is 2.60. The summed E-state index contributed by atoms with van der Waals surface area (Å²) in [6.07, 6.45) is 2.34. The van der Waals surface area contributed by atoms with Gasteiger partial charge in [0.1, 0.15) is 0 Å². The summed E-state index contributed by atoms with van der Waals surface area (Å²) in [7, 11) is 0. The van der Waals surface area contributed by atoms with Crippen LogP contribution in [0.4, 0.5) is 17.1 Å². The molecule has 1 spiro atoms. The summed E-state index contributed by atoms with van der Waals surface area (Å²) < 4.78 is 0. The highest BCUT2D eigenvalue weighted by Gasteiger charge is 2.52. The molecule has 0 radical (unpaired) electrons. The largest absolute Gasteiger partial charge is 0.309 e. The number of rotatable bonds is 5. The van der Waals surface area contributed by atoms with Crippen LogP contribution in [0.15, 0.2) is 212 Å². The highest BCUT2D eigenvalue weighted by atomic mass is 15.1. The summed E-state index contributed by atoms with van der Waals surface area (Å²) >= 11 is 0. The first-order valence-electron chi connectivity index (χ1n) is 23.7. The number of nitrogens with zero attached hydrogens (tertiary/aromatic N) is 1. The van der Waals surface area contributed by atoms with Crippen LogP contribution in [-0.4, -0.2) is 0 Å². The minimum absolute atomic E-state index is 0.0488. The van der Waals surface area contributed by atoms with E-state index in [1.807, 2.05) is 0 Å². The molecule has 0 unspecified atom stereocenters. The molecule has 66 heavy (non-hydrogen) atoms. The first kappa shape index (κ1) is 38.9. The molecule has 0 saturated carbocycles. The number of benzene rings is 10. The predicted molar refractivity (Wildman–Crippen MR) is 279 cm³/mol. The molecule has 0 fully saturated rings. The number of hydrogen-bond donors (Lipinski definition) is 0. The van der Waals surface area contributed by atoms with Gasteiger partial charge in [-0.3, -0.25) is 0 Å². The highest BCUT2D eigenvalue weighted by molar-refractivity contribution is 6.15. The van der Waals surface area contributed by atoms with Gasteiger partial charge in [0.2, 0.25) is 0 Å². The van der Waals surface area contributed by atoms with Gasteiger partial charge in [-0.05, 0) is 142 Å². The lowest BCUT2D eigenvalue weighted by atomic mass is 9.63. The van der Waals surface area contributed by atoms with E-state index in [4.69, 9.17) is 0 Å². The minimum Gasteiger partial charge on any atom is -0.309 e. The van der Waals surface area contributed by atoms with Gasteiger partial charge < -0.3 is 4.90 Å². The van der Waals surface area contributed by atoms with E-state index in [1.165, 1.54) is 112 Å². The fourth-order valence-corrected chi connectivity index (χ4v) is 12.4. The Morgan fingerprint density at radius 1 is 0.318 bits per heavy atom. The summed E-state index contributed by atoms with van der Waals surface area (Å²) in [5, 5.41) is 4.95. The molecule has 0 heterocycles. The first-order chi connectivity index (χ1) is 32.2. The van der Waals surface area contributed by atoms with E-state index < -0.39 is 5.41 Å². The van der Waals surface area contributed by atoms with Crippen molar-refractivity contribution >= 4 is 38.6 Å². The van der Waals surface area contributed by atoms with Crippen molar-refractivity contribution in [2.75, 3.05) is 4.90 Å². The van der Waals surface area contributed by atoms with Gasteiger partial charge in [-0.1, -0.05) is 210 Å². The third-order valence-corrected chi connectivity index (χ3v) is 15.7. The number of anilines is 3. The van der Waals surface area contributed by atoms with Crippen molar-refractivity contribution in [3.05, 3.63) is 246 Å². The zero-order valence-corrected chi connectivity index (χ0v) is 38.1. The highest BCUT2D eigenvalue weighted by Crippen LogP contribution is 2.64. The molecule has 1 heteroatoms. The van der Waals surface area contributed by atoms with Gasteiger partial charge in [0.25, 0.3) is 0 Å². The Morgan fingerprint density at radius 2 is 0.833 bits per heavy atom. The van der Waals surface area contributed by atoms with Crippen molar-refractivity contribution < 1.29 is 0 Å². The third kappa shape index (κ3) is 5.53. The lowest BCUT2D eigenvalue weighted by Crippen LogP contribution is -2.33. The van der Waals surface area contributed by atoms with Crippen molar-refractivity contribution in [2.45, 2.75) is 56.8 Å². The first-order valence-corrected chi connectivity index (χ1v) is 23.7. The van der Waals surface area contributed by atoms with Crippen LogP contribution < -0.4 is 4.90 Å². The zero-order chi connectivity index (χ0) is 44.4. The van der Waals surface area contributed by atoms with Crippen molar-refractivity contribution in [3.63, 3.8) is 0 Å². The van der Waals surface area contributed by atoms with E-state index in [0.717, 1.165) is 17.8 Å². The summed E-state index contributed by atoms with van der Waals surface area (Å²) in [5.41, 5.74) is 21.6. The van der Waals surface area contributed by atoms with E-state index in [-0.39, 0.29) is 10.8 Å². The van der Waals surface area contributed by atoms with Crippen LogP contribution in [0.1, 0.15) is 73.9 Å². The van der Waals surface area contributed by atoms with Crippen LogP contribution in [0.25, 0.3) is 66.1 Å². The maximum absolute atomic E-state index is 2.60. The topological polar surface area (TPSA) is 3.24 Å². The Bertz CT molecular complexity index is 3540.